The van der Waals surface area contributed by atoms with Gasteiger partial charge in [0.25, 0.3) is 5.91 Å². The van der Waals surface area contributed by atoms with Crippen LogP contribution in [0.25, 0.3) is 6.08 Å². The fourth-order valence-corrected chi connectivity index (χ4v) is 3.46. The minimum atomic E-state index is -0.551. The van der Waals surface area contributed by atoms with Gasteiger partial charge in [0.05, 0.1) is 30.6 Å². The minimum Gasteiger partial charge on any atom is -0.496 e. The van der Waals surface area contributed by atoms with E-state index in [0.717, 1.165) is 31.6 Å². The molecule has 0 radical (unpaired) electrons. The maximum atomic E-state index is 12.6. The third-order valence-electron chi connectivity index (χ3n) is 4.76. The molecule has 2 aromatic rings. The lowest BCUT2D eigenvalue weighted by Crippen LogP contribution is -2.18. The number of nitrogens with one attached hydrogen (secondary N) is 1. The molecule has 0 aromatic heterocycles. The molecule has 1 aliphatic heterocycles. The first-order chi connectivity index (χ1) is 14.1. The summed E-state index contributed by atoms with van der Waals surface area (Å²) in [4.78, 5) is 14.8. The summed E-state index contributed by atoms with van der Waals surface area (Å²) in [6.07, 6.45) is 3.75. The largest absolute Gasteiger partial charge is 0.496 e. The van der Waals surface area contributed by atoms with Crippen LogP contribution >= 0.6 is 11.6 Å². The monoisotopic (exact) mass is 411 g/mol. The van der Waals surface area contributed by atoms with Crippen molar-refractivity contribution in [3.05, 3.63) is 52.6 Å². The summed E-state index contributed by atoms with van der Waals surface area (Å²) in [6, 6.07) is 12.5. The third kappa shape index (κ3) is 4.64. The highest BCUT2D eigenvalue weighted by atomic mass is 35.5. The zero-order valence-corrected chi connectivity index (χ0v) is 17.1. The lowest BCUT2D eigenvalue weighted by atomic mass is 10.1. The Balaban J connectivity index is 1.95. The fraction of sp³-hybridized carbons (Fsp3) is 0.273. The van der Waals surface area contributed by atoms with Gasteiger partial charge in [0, 0.05) is 24.7 Å². The number of benzene rings is 2. The van der Waals surface area contributed by atoms with E-state index < -0.39 is 5.91 Å². The molecule has 0 bridgehead atoms. The number of hydrogen-bond donors (Lipinski definition) is 1. The van der Waals surface area contributed by atoms with Crippen molar-refractivity contribution in [3.8, 4) is 17.6 Å². The van der Waals surface area contributed by atoms with Gasteiger partial charge in [0.2, 0.25) is 0 Å². The first-order valence-electron chi connectivity index (χ1n) is 9.26. The smallest absolute Gasteiger partial charge is 0.266 e. The van der Waals surface area contributed by atoms with Crippen LogP contribution in [0.2, 0.25) is 5.02 Å². The van der Waals surface area contributed by atoms with E-state index in [-0.39, 0.29) is 5.57 Å². The number of carbonyl (C=O) groups is 1. The van der Waals surface area contributed by atoms with E-state index >= 15 is 0 Å². The fourth-order valence-electron chi connectivity index (χ4n) is 3.28. The zero-order chi connectivity index (χ0) is 20.8. The summed E-state index contributed by atoms with van der Waals surface area (Å²) in [6.45, 7) is 1.91. The number of nitrogens with zero attached hydrogens (tertiary/aromatic N) is 2. The zero-order valence-electron chi connectivity index (χ0n) is 16.4. The number of methoxy groups -OCH3 is 2. The number of hydrogen-bond acceptors (Lipinski definition) is 5. The highest BCUT2D eigenvalue weighted by Gasteiger charge is 2.20. The summed E-state index contributed by atoms with van der Waals surface area (Å²) in [5.41, 5.74) is 1.89. The van der Waals surface area contributed by atoms with Gasteiger partial charge in [-0.3, -0.25) is 4.79 Å². The van der Waals surface area contributed by atoms with E-state index in [1.165, 1.54) is 6.08 Å². The van der Waals surface area contributed by atoms with Gasteiger partial charge in [-0.15, -0.1) is 0 Å². The molecule has 0 aliphatic carbocycles. The number of carbonyl (C=O) groups excluding carboxylic acids is 1. The van der Waals surface area contributed by atoms with Gasteiger partial charge in [0.1, 0.15) is 23.1 Å². The van der Waals surface area contributed by atoms with Gasteiger partial charge in [-0.2, -0.15) is 5.26 Å². The Morgan fingerprint density at radius 1 is 1.17 bits per heavy atom. The highest BCUT2D eigenvalue weighted by Crippen LogP contribution is 2.38. The van der Waals surface area contributed by atoms with Gasteiger partial charge in [0.15, 0.2) is 0 Å². The summed E-state index contributed by atoms with van der Waals surface area (Å²) in [7, 11) is 3.16. The van der Waals surface area contributed by atoms with E-state index in [9.17, 15) is 10.1 Å². The standard InChI is InChI=1S/C22H22ClN3O3/c1-28-20-13-19(26-9-5-6-10-26)21(29-2)12-15(20)11-16(14-24)22(27)25-18-8-4-3-7-17(18)23/h3-4,7-8,11-13H,5-6,9-10H2,1-2H3,(H,25,27)/b16-11-. The average molecular weight is 412 g/mol. The third-order valence-corrected chi connectivity index (χ3v) is 5.09. The van der Waals surface area contributed by atoms with Crippen molar-refractivity contribution in [2.75, 3.05) is 37.5 Å². The highest BCUT2D eigenvalue weighted by molar-refractivity contribution is 6.34. The Morgan fingerprint density at radius 3 is 2.48 bits per heavy atom. The lowest BCUT2D eigenvalue weighted by molar-refractivity contribution is -0.112. The number of ether oxygens (including phenoxy) is 2. The first-order valence-corrected chi connectivity index (χ1v) is 9.63. The second-order valence-corrected chi connectivity index (χ2v) is 6.97. The Kier molecular flexibility index (Phi) is 6.63. The van der Waals surface area contributed by atoms with E-state index in [4.69, 9.17) is 21.1 Å². The van der Waals surface area contributed by atoms with E-state index in [1.54, 1.807) is 44.6 Å². The molecule has 3 rings (SSSR count). The number of anilines is 2. The molecule has 1 fully saturated rings. The number of nitriles is 1. The number of rotatable bonds is 6. The second kappa shape index (κ2) is 9.35. The Labute approximate surface area is 175 Å². The van der Waals surface area contributed by atoms with Gasteiger partial charge < -0.3 is 19.7 Å². The first kappa shape index (κ1) is 20.6. The van der Waals surface area contributed by atoms with Crippen LogP contribution in [0.3, 0.4) is 0 Å². The lowest BCUT2D eigenvalue weighted by Gasteiger charge is -2.22. The second-order valence-electron chi connectivity index (χ2n) is 6.56. The predicted octanol–water partition coefficient (Wildman–Crippen LogP) is 4.50. The van der Waals surface area contributed by atoms with Gasteiger partial charge >= 0.3 is 0 Å². The van der Waals surface area contributed by atoms with Crippen molar-refractivity contribution in [1.82, 2.24) is 0 Å². The van der Waals surface area contributed by atoms with Crippen LogP contribution in [0, 0.1) is 11.3 Å². The molecule has 6 nitrogen and oxygen atoms in total. The summed E-state index contributed by atoms with van der Waals surface area (Å²) >= 11 is 6.08. The quantitative estimate of drug-likeness (QED) is 0.559. The molecular weight excluding hydrogens is 390 g/mol. The van der Waals surface area contributed by atoms with Crippen molar-refractivity contribution in [1.29, 1.82) is 5.26 Å². The molecule has 1 amide bonds. The molecule has 0 saturated carbocycles. The van der Waals surface area contributed by atoms with Gasteiger partial charge in [-0.25, -0.2) is 0 Å². The molecule has 29 heavy (non-hydrogen) atoms. The Morgan fingerprint density at radius 2 is 1.86 bits per heavy atom. The topological polar surface area (TPSA) is 74.6 Å². The Bertz CT molecular complexity index is 976. The van der Waals surface area contributed by atoms with Crippen LogP contribution in [0.4, 0.5) is 11.4 Å². The van der Waals surface area contributed by atoms with Crippen LogP contribution in [-0.4, -0.2) is 33.2 Å². The molecule has 1 aliphatic rings. The number of para-hydroxylation sites is 1. The van der Waals surface area contributed by atoms with E-state index in [0.29, 0.717) is 27.8 Å². The van der Waals surface area contributed by atoms with Crippen LogP contribution in [0.5, 0.6) is 11.5 Å². The Hall–Kier alpha value is -3.17. The molecule has 0 atom stereocenters. The van der Waals surface area contributed by atoms with Crippen molar-refractivity contribution < 1.29 is 14.3 Å². The van der Waals surface area contributed by atoms with Crippen LogP contribution in [-0.2, 0) is 4.79 Å². The normalized spacial score (nSPS) is 13.7. The summed E-state index contributed by atoms with van der Waals surface area (Å²) in [5.74, 6) is 0.680. The van der Waals surface area contributed by atoms with Crippen molar-refractivity contribution >= 4 is 35.0 Å². The van der Waals surface area contributed by atoms with Gasteiger partial charge in [-0.1, -0.05) is 23.7 Å². The van der Waals surface area contributed by atoms with Gasteiger partial charge in [-0.05, 0) is 37.1 Å². The van der Waals surface area contributed by atoms with E-state index in [2.05, 4.69) is 10.2 Å². The van der Waals surface area contributed by atoms with E-state index in [1.807, 2.05) is 12.1 Å². The summed E-state index contributed by atoms with van der Waals surface area (Å²) < 4.78 is 11.1. The molecule has 150 valence electrons. The van der Waals surface area contributed by atoms with Crippen molar-refractivity contribution in [3.63, 3.8) is 0 Å². The summed E-state index contributed by atoms with van der Waals surface area (Å²) in [5, 5.41) is 12.6. The minimum absolute atomic E-state index is 0.0702. The SMILES string of the molecule is COc1cc(N2CCCC2)c(OC)cc1/C=C(/C#N)C(=O)Nc1ccccc1Cl. The maximum Gasteiger partial charge on any atom is 0.266 e. The van der Waals surface area contributed by atoms with Crippen LogP contribution in [0.1, 0.15) is 18.4 Å². The molecule has 0 unspecified atom stereocenters. The number of halogens is 1. The molecular formula is C22H22ClN3O3. The maximum absolute atomic E-state index is 12.6. The molecule has 2 aromatic carbocycles. The average Bonchev–Trinajstić information content (AvgIpc) is 3.27. The van der Waals surface area contributed by atoms with Crippen LogP contribution < -0.4 is 19.7 Å². The molecule has 7 heteroatoms. The number of amides is 1. The molecule has 0 spiro atoms. The molecule has 1 N–H and O–H groups in total. The van der Waals surface area contributed by atoms with Crippen LogP contribution in [0.15, 0.2) is 42.0 Å². The van der Waals surface area contributed by atoms with Crippen molar-refractivity contribution in [2.45, 2.75) is 12.8 Å². The molecule has 1 saturated heterocycles. The van der Waals surface area contributed by atoms with Crippen molar-refractivity contribution in [2.24, 2.45) is 0 Å². The predicted molar refractivity (Wildman–Crippen MR) is 115 cm³/mol. The molecule has 1 heterocycles.